The highest BCUT2D eigenvalue weighted by molar-refractivity contribution is 5.97. The zero-order chi connectivity index (χ0) is 15.1. The number of non-ortho nitro benzene ring substituents is 1. The van der Waals surface area contributed by atoms with E-state index in [9.17, 15) is 19.7 Å². The zero-order valence-corrected chi connectivity index (χ0v) is 11.0. The lowest BCUT2D eigenvalue weighted by molar-refractivity contribution is -0.384. The third kappa shape index (κ3) is 3.94. The van der Waals surface area contributed by atoms with Crippen LogP contribution < -0.4 is 10.1 Å². The Morgan fingerprint density at radius 1 is 1.35 bits per heavy atom. The van der Waals surface area contributed by atoms with Gasteiger partial charge in [-0.25, -0.2) is 0 Å². The smallest absolute Gasteiger partial charge is 0.307 e. The largest absolute Gasteiger partial charge is 0.496 e. The lowest BCUT2D eigenvalue weighted by Crippen LogP contribution is -2.26. The van der Waals surface area contributed by atoms with Crippen LogP contribution in [-0.2, 0) is 9.53 Å². The molecule has 1 rings (SSSR count). The summed E-state index contributed by atoms with van der Waals surface area (Å²) < 4.78 is 9.40. The van der Waals surface area contributed by atoms with E-state index in [1.807, 2.05) is 0 Å². The highest BCUT2D eigenvalue weighted by atomic mass is 16.6. The minimum absolute atomic E-state index is 0.0134. The molecule has 0 atom stereocenters. The molecule has 1 aromatic carbocycles. The number of amides is 1. The quantitative estimate of drug-likeness (QED) is 0.471. The molecule has 0 aliphatic heterocycles. The van der Waals surface area contributed by atoms with E-state index in [4.69, 9.17) is 4.74 Å². The molecule has 0 unspecified atom stereocenters. The summed E-state index contributed by atoms with van der Waals surface area (Å²) >= 11 is 0. The van der Waals surface area contributed by atoms with Gasteiger partial charge in [0.2, 0.25) is 0 Å². The van der Waals surface area contributed by atoms with Crippen molar-refractivity contribution in [1.82, 2.24) is 5.32 Å². The van der Waals surface area contributed by atoms with Crippen molar-refractivity contribution >= 4 is 17.6 Å². The summed E-state index contributed by atoms with van der Waals surface area (Å²) in [6, 6.07) is 3.70. The number of hydrogen-bond acceptors (Lipinski definition) is 6. The van der Waals surface area contributed by atoms with Crippen molar-refractivity contribution in [2.45, 2.75) is 6.42 Å². The molecule has 1 N–H and O–H groups in total. The van der Waals surface area contributed by atoms with Crippen LogP contribution in [0.1, 0.15) is 16.8 Å². The Bertz CT molecular complexity index is 529. The van der Waals surface area contributed by atoms with Crippen LogP contribution in [0.5, 0.6) is 5.75 Å². The number of carbonyl (C=O) groups excluding carboxylic acids is 2. The molecule has 0 saturated heterocycles. The molecule has 0 bridgehead atoms. The van der Waals surface area contributed by atoms with Crippen LogP contribution in [0, 0.1) is 10.1 Å². The number of esters is 1. The number of nitrogens with zero attached hydrogens (tertiary/aromatic N) is 1. The number of nitro benzene ring substituents is 1. The Kier molecular flexibility index (Phi) is 5.45. The molecule has 0 aromatic heterocycles. The van der Waals surface area contributed by atoms with Gasteiger partial charge in [0.05, 0.1) is 31.1 Å². The molecule has 8 heteroatoms. The highest BCUT2D eigenvalue weighted by Gasteiger charge is 2.17. The molecule has 0 aliphatic rings. The summed E-state index contributed by atoms with van der Waals surface area (Å²) in [5.41, 5.74) is -0.185. The number of hydrogen-bond donors (Lipinski definition) is 1. The molecule has 108 valence electrons. The van der Waals surface area contributed by atoms with E-state index in [-0.39, 0.29) is 30.0 Å². The zero-order valence-electron chi connectivity index (χ0n) is 11.0. The van der Waals surface area contributed by atoms with Gasteiger partial charge < -0.3 is 14.8 Å². The molecule has 0 fully saturated rings. The van der Waals surface area contributed by atoms with Crippen molar-refractivity contribution < 1.29 is 24.0 Å². The van der Waals surface area contributed by atoms with Crippen LogP contribution in [0.4, 0.5) is 5.69 Å². The van der Waals surface area contributed by atoms with Crippen molar-refractivity contribution in [2.75, 3.05) is 20.8 Å². The van der Waals surface area contributed by atoms with E-state index in [0.29, 0.717) is 0 Å². The second-order valence-corrected chi connectivity index (χ2v) is 3.72. The Morgan fingerprint density at radius 3 is 2.60 bits per heavy atom. The number of ether oxygens (including phenoxy) is 2. The van der Waals surface area contributed by atoms with Crippen molar-refractivity contribution in [3.8, 4) is 5.75 Å². The maximum atomic E-state index is 11.9. The van der Waals surface area contributed by atoms with Crippen molar-refractivity contribution in [1.29, 1.82) is 0 Å². The van der Waals surface area contributed by atoms with Gasteiger partial charge in [0.25, 0.3) is 11.6 Å². The maximum absolute atomic E-state index is 11.9. The maximum Gasteiger partial charge on any atom is 0.307 e. The van der Waals surface area contributed by atoms with Gasteiger partial charge in [0.15, 0.2) is 0 Å². The van der Waals surface area contributed by atoms with Gasteiger partial charge >= 0.3 is 5.97 Å². The van der Waals surface area contributed by atoms with E-state index in [1.165, 1.54) is 26.4 Å². The first-order chi connectivity index (χ1) is 9.49. The van der Waals surface area contributed by atoms with Crippen LogP contribution in [0.2, 0.25) is 0 Å². The Labute approximate surface area is 114 Å². The lowest BCUT2D eigenvalue weighted by atomic mass is 10.1. The second-order valence-electron chi connectivity index (χ2n) is 3.72. The summed E-state index contributed by atoms with van der Waals surface area (Å²) in [7, 11) is 2.60. The minimum Gasteiger partial charge on any atom is -0.496 e. The Morgan fingerprint density at radius 2 is 2.05 bits per heavy atom. The fourth-order valence-corrected chi connectivity index (χ4v) is 1.46. The second kappa shape index (κ2) is 7.07. The van der Waals surface area contributed by atoms with E-state index in [0.717, 1.165) is 6.07 Å². The van der Waals surface area contributed by atoms with Gasteiger partial charge in [-0.2, -0.15) is 0 Å². The summed E-state index contributed by atoms with van der Waals surface area (Å²) in [6.45, 7) is 0.0668. The van der Waals surface area contributed by atoms with Crippen molar-refractivity contribution in [3.05, 3.63) is 33.9 Å². The van der Waals surface area contributed by atoms with Gasteiger partial charge in [-0.3, -0.25) is 19.7 Å². The third-order valence-corrected chi connectivity index (χ3v) is 2.48. The average molecular weight is 282 g/mol. The number of benzene rings is 1. The number of nitrogens with one attached hydrogen (secondary N) is 1. The van der Waals surface area contributed by atoms with Crippen LogP contribution >= 0.6 is 0 Å². The van der Waals surface area contributed by atoms with Gasteiger partial charge in [-0.15, -0.1) is 0 Å². The predicted molar refractivity (Wildman–Crippen MR) is 68.6 cm³/mol. The first-order valence-electron chi connectivity index (χ1n) is 5.67. The lowest BCUT2D eigenvalue weighted by Gasteiger charge is -2.08. The van der Waals surface area contributed by atoms with Gasteiger partial charge in [0, 0.05) is 18.7 Å². The van der Waals surface area contributed by atoms with E-state index >= 15 is 0 Å². The Hall–Kier alpha value is -2.64. The molecule has 20 heavy (non-hydrogen) atoms. The fraction of sp³-hybridized carbons (Fsp3) is 0.333. The first-order valence-corrected chi connectivity index (χ1v) is 5.67. The molecule has 1 aromatic rings. The molecular weight excluding hydrogens is 268 g/mol. The van der Waals surface area contributed by atoms with Crippen LogP contribution in [0.3, 0.4) is 0 Å². The topological polar surface area (TPSA) is 108 Å². The summed E-state index contributed by atoms with van der Waals surface area (Å²) in [5.74, 6) is -0.808. The molecule has 0 aliphatic carbocycles. The van der Waals surface area contributed by atoms with E-state index < -0.39 is 16.8 Å². The summed E-state index contributed by atoms with van der Waals surface area (Å²) in [5, 5.41) is 13.2. The predicted octanol–water partition coefficient (Wildman–Crippen LogP) is 0.896. The molecule has 0 spiro atoms. The SMILES string of the molecule is COC(=O)CCNC(=O)c1cc([N+](=O)[O-])ccc1OC. The molecule has 1 amide bonds. The van der Waals surface area contributed by atoms with Gasteiger partial charge in [-0.05, 0) is 6.07 Å². The number of rotatable bonds is 6. The summed E-state index contributed by atoms with van der Waals surface area (Å²) in [6.07, 6.45) is 0.0134. The van der Waals surface area contributed by atoms with Crippen LogP contribution in [0.25, 0.3) is 0 Å². The van der Waals surface area contributed by atoms with Crippen LogP contribution in [0.15, 0.2) is 18.2 Å². The number of nitro groups is 1. The first kappa shape index (κ1) is 15.4. The van der Waals surface area contributed by atoms with Gasteiger partial charge in [0.1, 0.15) is 5.75 Å². The van der Waals surface area contributed by atoms with E-state index in [2.05, 4.69) is 10.1 Å². The molecule has 0 radical (unpaired) electrons. The standard InChI is InChI=1S/C12H14N2O6/c1-19-10-4-3-8(14(17)18)7-9(10)12(16)13-6-5-11(15)20-2/h3-4,7H,5-6H2,1-2H3,(H,13,16). The van der Waals surface area contributed by atoms with Crippen LogP contribution in [-0.4, -0.2) is 37.6 Å². The number of methoxy groups -OCH3 is 2. The number of carbonyl (C=O) groups is 2. The molecule has 8 nitrogen and oxygen atoms in total. The van der Waals surface area contributed by atoms with Crippen molar-refractivity contribution in [3.63, 3.8) is 0 Å². The monoisotopic (exact) mass is 282 g/mol. The average Bonchev–Trinajstić information content (AvgIpc) is 2.45. The highest BCUT2D eigenvalue weighted by Crippen LogP contribution is 2.23. The summed E-state index contributed by atoms with van der Waals surface area (Å²) in [4.78, 5) is 32.9. The molecule has 0 saturated carbocycles. The Balaban J connectivity index is 2.82. The fourth-order valence-electron chi connectivity index (χ4n) is 1.46. The normalized spacial score (nSPS) is 9.70. The van der Waals surface area contributed by atoms with Gasteiger partial charge in [-0.1, -0.05) is 0 Å². The van der Waals surface area contributed by atoms with E-state index in [1.54, 1.807) is 0 Å². The molecular formula is C12H14N2O6. The minimum atomic E-state index is -0.606. The van der Waals surface area contributed by atoms with Crippen molar-refractivity contribution in [2.24, 2.45) is 0 Å². The third-order valence-electron chi connectivity index (χ3n) is 2.48. The molecule has 0 heterocycles.